The molecule has 1 rings (SSSR count). The maximum Gasteiger partial charge on any atom is 0.184 e. The summed E-state index contributed by atoms with van der Waals surface area (Å²) in [5.74, 6) is 0. The molecule has 0 saturated carbocycles. The number of benzene rings is 1. The Kier molecular flexibility index (Phi) is 4.59. The lowest BCUT2D eigenvalue weighted by molar-refractivity contribution is 0.158. The second kappa shape index (κ2) is 5.35. The van der Waals surface area contributed by atoms with Gasteiger partial charge in [-0.1, -0.05) is 57.7 Å². The lowest BCUT2D eigenvalue weighted by Crippen LogP contribution is -2.40. The minimum Gasteiger partial charge on any atom is -0.379 e. The molecule has 0 amide bonds. The first-order chi connectivity index (χ1) is 7.33. The van der Waals surface area contributed by atoms with Gasteiger partial charge in [0, 0.05) is 0 Å². The molecule has 0 N–H and O–H groups in total. The van der Waals surface area contributed by atoms with E-state index in [1.165, 1.54) is 5.56 Å². The zero-order valence-corrected chi connectivity index (χ0v) is 12.3. The van der Waals surface area contributed by atoms with Crippen LogP contribution >= 0.6 is 11.1 Å². The summed E-state index contributed by atoms with van der Waals surface area (Å²) in [5.41, 5.74) is 1.21. The number of ether oxygens (including phenoxy) is 1. The first-order valence-corrected chi connectivity index (χ1v) is 9.35. The second-order valence-electron chi connectivity index (χ2n) is 5.43. The van der Waals surface area contributed by atoms with E-state index in [1.807, 2.05) is 18.2 Å². The van der Waals surface area contributed by atoms with E-state index in [1.54, 1.807) is 0 Å². The Hall–Kier alpha value is -0.313. The average Bonchev–Trinajstić information content (AvgIpc) is 2.17. The van der Waals surface area contributed by atoms with Gasteiger partial charge in [0.15, 0.2) is 7.38 Å². The van der Waals surface area contributed by atoms with Crippen LogP contribution in [0.15, 0.2) is 30.3 Å². The van der Waals surface area contributed by atoms with Gasteiger partial charge in [-0.05, 0) is 10.6 Å². The quantitative estimate of drug-likeness (QED) is 0.575. The molecule has 1 aromatic carbocycles. The van der Waals surface area contributed by atoms with Gasteiger partial charge in [-0.2, -0.15) is 11.1 Å². The molecular formula is C13H21ClOSi. The third-order valence-electron chi connectivity index (χ3n) is 3.05. The van der Waals surface area contributed by atoms with Crippen LogP contribution in [-0.2, 0) is 11.3 Å². The fourth-order valence-corrected chi connectivity index (χ4v) is 2.30. The number of rotatable bonds is 4. The first kappa shape index (κ1) is 13.8. The van der Waals surface area contributed by atoms with Gasteiger partial charge >= 0.3 is 0 Å². The van der Waals surface area contributed by atoms with Crippen molar-refractivity contribution in [2.45, 2.75) is 39.0 Å². The largest absolute Gasteiger partial charge is 0.379 e. The van der Waals surface area contributed by atoms with Gasteiger partial charge in [-0.15, -0.1) is 0 Å². The Labute approximate surface area is 104 Å². The summed E-state index contributed by atoms with van der Waals surface area (Å²) in [5, 5.41) is 0.172. The van der Waals surface area contributed by atoms with Crippen molar-refractivity contribution in [2.75, 3.05) is 6.23 Å². The van der Waals surface area contributed by atoms with E-state index in [0.717, 1.165) is 0 Å². The van der Waals surface area contributed by atoms with Crippen molar-refractivity contribution in [2.24, 2.45) is 0 Å². The standard InChI is InChI=1S/C13H21ClOSi/c1-13(2,3)16(4,14)11-15-10-12-8-6-5-7-9-12/h5-9H,10-11H2,1-4H3/t16-/m0/s1. The van der Waals surface area contributed by atoms with E-state index in [-0.39, 0.29) is 5.04 Å². The molecule has 1 aromatic rings. The molecule has 90 valence electrons. The number of hydrogen-bond acceptors (Lipinski definition) is 1. The molecule has 16 heavy (non-hydrogen) atoms. The fraction of sp³-hybridized carbons (Fsp3) is 0.538. The summed E-state index contributed by atoms with van der Waals surface area (Å²) in [6.45, 7) is 9.40. The van der Waals surface area contributed by atoms with Crippen molar-refractivity contribution in [1.29, 1.82) is 0 Å². The van der Waals surface area contributed by atoms with Crippen LogP contribution in [0.25, 0.3) is 0 Å². The zero-order valence-electron chi connectivity index (χ0n) is 10.6. The van der Waals surface area contributed by atoms with Gasteiger partial charge in [-0.25, -0.2) is 0 Å². The topological polar surface area (TPSA) is 9.23 Å². The maximum absolute atomic E-state index is 6.59. The van der Waals surface area contributed by atoms with Crippen molar-refractivity contribution >= 4 is 18.5 Å². The summed E-state index contributed by atoms with van der Waals surface area (Å²) in [4.78, 5) is 0. The highest BCUT2D eigenvalue weighted by Crippen LogP contribution is 2.38. The van der Waals surface area contributed by atoms with Gasteiger partial charge in [0.05, 0.1) is 12.8 Å². The van der Waals surface area contributed by atoms with Crippen LogP contribution in [0.3, 0.4) is 0 Å². The van der Waals surface area contributed by atoms with Crippen molar-refractivity contribution in [3.8, 4) is 0 Å². The third kappa shape index (κ3) is 3.93. The first-order valence-electron chi connectivity index (χ1n) is 5.63. The van der Waals surface area contributed by atoms with Gasteiger partial charge in [0.2, 0.25) is 0 Å². The highest BCUT2D eigenvalue weighted by molar-refractivity contribution is 7.21. The van der Waals surface area contributed by atoms with E-state index < -0.39 is 7.38 Å². The van der Waals surface area contributed by atoms with Gasteiger partial charge < -0.3 is 4.74 Å². The Morgan fingerprint density at radius 3 is 2.25 bits per heavy atom. The van der Waals surface area contributed by atoms with Gasteiger partial charge in [0.25, 0.3) is 0 Å². The molecule has 0 spiro atoms. The molecule has 0 unspecified atom stereocenters. The Morgan fingerprint density at radius 2 is 1.75 bits per heavy atom. The molecule has 0 heterocycles. The Bertz CT molecular complexity index is 316. The predicted octanol–water partition coefficient (Wildman–Crippen LogP) is 4.36. The Morgan fingerprint density at radius 1 is 1.19 bits per heavy atom. The molecule has 1 atom stereocenters. The van der Waals surface area contributed by atoms with E-state index in [2.05, 4.69) is 39.5 Å². The lowest BCUT2D eigenvalue weighted by Gasteiger charge is -2.33. The van der Waals surface area contributed by atoms with Crippen LogP contribution in [0, 0.1) is 0 Å². The molecular weight excluding hydrogens is 236 g/mol. The molecule has 0 aromatic heterocycles. The van der Waals surface area contributed by atoms with Crippen LogP contribution < -0.4 is 0 Å². The monoisotopic (exact) mass is 256 g/mol. The molecule has 0 saturated heterocycles. The molecule has 0 bridgehead atoms. The molecule has 3 heteroatoms. The molecule has 1 nitrogen and oxygen atoms in total. The summed E-state index contributed by atoms with van der Waals surface area (Å²) in [6.07, 6.45) is 0.701. The third-order valence-corrected chi connectivity index (χ3v) is 8.95. The van der Waals surface area contributed by atoms with Crippen LogP contribution in [-0.4, -0.2) is 13.6 Å². The van der Waals surface area contributed by atoms with Crippen molar-refractivity contribution in [3.05, 3.63) is 35.9 Å². The van der Waals surface area contributed by atoms with Crippen molar-refractivity contribution < 1.29 is 4.74 Å². The van der Waals surface area contributed by atoms with Crippen LogP contribution in [0.1, 0.15) is 26.3 Å². The molecule has 0 aliphatic rings. The van der Waals surface area contributed by atoms with Crippen molar-refractivity contribution in [1.82, 2.24) is 0 Å². The van der Waals surface area contributed by atoms with Crippen molar-refractivity contribution in [3.63, 3.8) is 0 Å². The second-order valence-corrected chi connectivity index (χ2v) is 12.1. The highest BCUT2D eigenvalue weighted by atomic mass is 35.6. The summed E-state index contributed by atoms with van der Waals surface area (Å²) in [7, 11) is -1.81. The SMILES string of the molecule is CC(C)(C)[Si@@](C)(Cl)COCc1ccccc1. The molecule has 0 aliphatic carbocycles. The van der Waals surface area contributed by atoms with E-state index >= 15 is 0 Å². The number of hydrogen-bond donors (Lipinski definition) is 0. The molecule has 0 aliphatic heterocycles. The minimum atomic E-state index is -1.81. The van der Waals surface area contributed by atoms with Crippen LogP contribution in [0.4, 0.5) is 0 Å². The van der Waals surface area contributed by atoms with E-state index in [4.69, 9.17) is 15.8 Å². The molecule has 0 radical (unpaired) electrons. The minimum absolute atomic E-state index is 0.172. The van der Waals surface area contributed by atoms with Crippen LogP contribution in [0.5, 0.6) is 0 Å². The summed E-state index contributed by atoms with van der Waals surface area (Å²) < 4.78 is 5.74. The van der Waals surface area contributed by atoms with Gasteiger partial charge in [-0.3, -0.25) is 0 Å². The smallest absolute Gasteiger partial charge is 0.184 e. The van der Waals surface area contributed by atoms with E-state index in [0.29, 0.717) is 12.8 Å². The van der Waals surface area contributed by atoms with Crippen LogP contribution in [0.2, 0.25) is 11.6 Å². The Balaban J connectivity index is 2.42. The lowest BCUT2D eigenvalue weighted by atomic mass is 10.2. The summed E-state index contributed by atoms with van der Waals surface area (Å²) >= 11 is 6.59. The number of halogens is 1. The zero-order chi connectivity index (χ0) is 12.2. The maximum atomic E-state index is 6.59. The predicted molar refractivity (Wildman–Crippen MR) is 73.3 cm³/mol. The van der Waals surface area contributed by atoms with Gasteiger partial charge in [0.1, 0.15) is 0 Å². The fourth-order valence-electron chi connectivity index (χ4n) is 1.15. The van der Waals surface area contributed by atoms with E-state index in [9.17, 15) is 0 Å². The summed E-state index contributed by atoms with van der Waals surface area (Å²) in [6, 6.07) is 10.2. The highest BCUT2D eigenvalue weighted by Gasteiger charge is 2.38. The molecule has 0 fully saturated rings. The normalized spacial score (nSPS) is 15.8. The average molecular weight is 257 g/mol.